The van der Waals surface area contributed by atoms with Crippen molar-refractivity contribution >= 4 is 0 Å². The molecule has 0 amide bonds. The van der Waals surface area contributed by atoms with Crippen molar-refractivity contribution in [1.29, 1.82) is 0 Å². The molecule has 0 aromatic carbocycles. The number of rotatable bonds is 3. The lowest BCUT2D eigenvalue weighted by molar-refractivity contribution is 0.364. The Hall–Kier alpha value is -0.980. The fraction of sp³-hybridized carbons (Fsp3) is 0.667. The summed E-state index contributed by atoms with van der Waals surface area (Å²) in [4.78, 5) is 0. The van der Waals surface area contributed by atoms with Crippen molar-refractivity contribution in [2.75, 3.05) is 0 Å². The van der Waals surface area contributed by atoms with E-state index in [4.69, 9.17) is 0 Å². The summed E-state index contributed by atoms with van der Waals surface area (Å²) < 4.78 is 0. The van der Waals surface area contributed by atoms with E-state index >= 15 is 0 Å². The second-order valence-electron chi connectivity index (χ2n) is 6.56. The van der Waals surface area contributed by atoms with Crippen LogP contribution < -0.4 is 0 Å². The van der Waals surface area contributed by atoms with Crippen molar-refractivity contribution in [3.63, 3.8) is 0 Å². The van der Waals surface area contributed by atoms with Gasteiger partial charge in [-0.3, -0.25) is 0 Å². The van der Waals surface area contributed by atoms with Crippen LogP contribution in [0.1, 0.15) is 68.7 Å². The highest BCUT2D eigenvalue weighted by Gasteiger charge is 2.21. The normalized spacial score (nSPS) is 14.4. The van der Waals surface area contributed by atoms with Gasteiger partial charge in [0.1, 0.15) is 5.76 Å². The Morgan fingerprint density at radius 1 is 1.00 bits per heavy atom. The first-order chi connectivity index (χ1) is 8.58. The molecule has 112 valence electrons. The van der Waals surface area contributed by atoms with E-state index in [9.17, 15) is 5.11 Å². The van der Waals surface area contributed by atoms with E-state index in [0.717, 1.165) is 12.0 Å². The zero-order valence-electron chi connectivity index (χ0n) is 14.5. The molecule has 0 aromatic rings. The number of hydrogen-bond acceptors (Lipinski definition) is 1. The highest BCUT2D eigenvalue weighted by Crippen LogP contribution is 2.32. The minimum Gasteiger partial charge on any atom is -0.508 e. The maximum atomic E-state index is 10.2. The van der Waals surface area contributed by atoms with E-state index in [2.05, 4.69) is 54.5 Å². The van der Waals surface area contributed by atoms with Crippen molar-refractivity contribution in [2.45, 2.75) is 68.7 Å². The van der Waals surface area contributed by atoms with Crippen LogP contribution >= 0.6 is 0 Å². The highest BCUT2D eigenvalue weighted by molar-refractivity contribution is 5.34. The molecule has 0 aliphatic heterocycles. The Bertz CT molecular complexity index is 317. The minimum atomic E-state index is -0.0517. The lowest BCUT2D eigenvalue weighted by Crippen LogP contribution is -2.13. The van der Waals surface area contributed by atoms with Crippen LogP contribution in [0, 0.1) is 10.8 Å². The van der Waals surface area contributed by atoms with Gasteiger partial charge in [0.05, 0.1) is 0 Å². The van der Waals surface area contributed by atoms with Gasteiger partial charge in [-0.1, -0.05) is 80.5 Å². The first kappa shape index (κ1) is 20.3. The van der Waals surface area contributed by atoms with Crippen LogP contribution in [0.15, 0.2) is 35.6 Å². The topological polar surface area (TPSA) is 20.2 Å². The second-order valence-corrected chi connectivity index (χ2v) is 6.56. The van der Waals surface area contributed by atoms with Crippen LogP contribution in [-0.4, -0.2) is 5.11 Å². The van der Waals surface area contributed by atoms with E-state index in [0.29, 0.717) is 5.76 Å². The summed E-state index contributed by atoms with van der Waals surface area (Å²) >= 11 is 0. The molecule has 0 rings (SSSR count). The summed E-state index contributed by atoms with van der Waals surface area (Å²) in [6, 6.07) is 0. The largest absolute Gasteiger partial charge is 0.508 e. The summed E-state index contributed by atoms with van der Waals surface area (Å²) in [7, 11) is 0. The molecule has 0 saturated heterocycles. The molecule has 0 radical (unpaired) electrons. The van der Waals surface area contributed by atoms with Crippen LogP contribution in [0.2, 0.25) is 0 Å². The molecule has 1 N–H and O–H groups in total. The van der Waals surface area contributed by atoms with Crippen molar-refractivity contribution < 1.29 is 5.11 Å². The number of allylic oxidation sites excluding steroid dienone is 5. The van der Waals surface area contributed by atoms with Gasteiger partial charge in [-0.15, -0.1) is 0 Å². The first-order valence-corrected chi connectivity index (χ1v) is 7.37. The molecule has 0 bridgehead atoms. The molecule has 0 unspecified atom stereocenters. The van der Waals surface area contributed by atoms with Crippen molar-refractivity contribution in [3.8, 4) is 0 Å². The first-order valence-electron chi connectivity index (χ1n) is 7.37. The molecule has 0 aliphatic rings. The summed E-state index contributed by atoms with van der Waals surface area (Å²) in [6.45, 7) is 18.7. The third-order valence-electron chi connectivity index (χ3n) is 2.29. The second kappa shape index (κ2) is 9.01. The van der Waals surface area contributed by atoms with Gasteiger partial charge in [0.2, 0.25) is 0 Å². The Balaban J connectivity index is 0. The molecule has 0 fully saturated rings. The minimum absolute atomic E-state index is 0.0110. The zero-order valence-corrected chi connectivity index (χ0v) is 14.5. The predicted molar refractivity (Wildman–Crippen MR) is 88.5 cm³/mol. The van der Waals surface area contributed by atoms with E-state index in [-0.39, 0.29) is 10.8 Å². The average Bonchev–Trinajstić information content (AvgIpc) is 2.22. The van der Waals surface area contributed by atoms with Crippen LogP contribution in [0.5, 0.6) is 0 Å². The van der Waals surface area contributed by atoms with Crippen molar-refractivity contribution in [2.24, 2.45) is 10.8 Å². The smallest absolute Gasteiger partial charge is 0.115 e. The van der Waals surface area contributed by atoms with Gasteiger partial charge in [0, 0.05) is 0 Å². The molecule has 0 spiro atoms. The van der Waals surface area contributed by atoms with Gasteiger partial charge in [-0.25, -0.2) is 0 Å². The molecule has 0 aromatic heterocycles. The molecule has 1 heteroatoms. The molecular formula is C18H34O. The van der Waals surface area contributed by atoms with E-state index in [1.54, 1.807) is 0 Å². The highest BCUT2D eigenvalue weighted by atomic mass is 16.3. The fourth-order valence-corrected chi connectivity index (χ4v) is 1.51. The van der Waals surface area contributed by atoms with Crippen molar-refractivity contribution in [3.05, 3.63) is 35.6 Å². The van der Waals surface area contributed by atoms with Crippen LogP contribution in [0.4, 0.5) is 0 Å². The predicted octanol–water partition coefficient (Wildman–Crippen LogP) is 6.44. The van der Waals surface area contributed by atoms with Gasteiger partial charge in [-0.2, -0.15) is 0 Å². The summed E-state index contributed by atoms with van der Waals surface area (Å²) in [5.74, 6) is 0.394. The Morgan fingerprint density at radius 3 is 1.79 bits per heavy atom. The zero-order chi connectivity index (χ0) is 15.7. The summed E-state index contributed by atoms with van der Waals surface area (Å²) in [5.41, 5.74) is 0.921. The van der Waals surface area contributed by atoms with Crippen molar-refractivity contribution in [1.82, 2.24) is 0 Å². The quantitative estimate of drug-likeness (QED) is 0.460. The maximum Gasteiger partial charge on any atom is 0.115 e. The summed E-state index contributed by atoms with van der Waals surface area (Å²) in [6.07, 6.45) is 9.06. The molecule has 0 heterocycles. The molecule has 19 heavy (non-hydrogen) atoms. The Morgan fingerprint density at radius 2 is 1.47 bits per heavy atom. The molecular weight excluding hydrogens is 232 g/mol. The van der Waals surface area contributed by atoms with E-state index in [1.807, 2.05) is 32.1 Å². The van der Waals surface area contributed by atoms with E-state index < -0.39 is 0 Å². The SMILES string of the molecule is CC.CC\C=C/C=C(\C(O)=C\C(C)(C)C)C(C)(C)C. The fourth-order valence-electron chi connectivity index (χ4n) is 1.51. The monoisotopic (exact) mass is 266 g/mol. The van der Waals surface area contributed by atoms with Gasteiger partial charge in [0.15, 0.2) is 0 Å². The van der Waals surface area contributed by atoms with Crippen LogP contribution in [-0.2, 0) is 0 Å². The maximum absolute atomic E-state index is 10.2. The number of aliphatic hydroxyl groups excluding tert-OH is 1. The van der Waals surface area contributed by atoms with Gasteiger partial charge < -0.3 is 5.11 Å². The lowest BCUT2D eigenvalue weighted by Gasteiger charge is -2.24. The Labute approximate surface area is 121 Å². The molecule has 0 atom stereocenters. The van der Waals surface area contributed by atoms with Gasteiger partial charge in [0.25, 0.3) is 0 Å². The number of aliphatic hydroxyl groups is 1. The van der Waals surface area contributed by atoms with Gasteiger partial charge >= 0.3 is 0 Å². The molecule has 0 aliphatic carbocycles. The third kappa shape index (κ3) is 10.6. The van der Waals surface area contributed by atoms with Crippen LogP contribution in [0.3, 0.4) is 0 Å². The Kier molecular flexibility index (Phi) is 9.64. The van der Waals surface area contributed by atoms with Gasteiger partial charge in [-0.05, 0) is 28.9 Å². The summed E-state index contributed by atoms with van der Waals surface area (Å²) in [5, 5.41) is 10.2. The average molecular weight is 266 g/mol. The van der Waals surface area contributed by atoms with Crippen LogP contribution in [0.25, 0.3) is 0 Å². The standard InChI is InChI=1S/C16H28O.C2H6/c1-8-9-10-11-13(16(5,6)7)14(17)12-15(2,3)4;1-2/h9-12,17H,8H2,1-7H3;1-2H3/b10-9-,13-11+,14-12-;. The molecule has 1 nitrogen and oxygen atoms in total. The van der Waals surface area contributed by atoms with E-state index in [1.165, 1.54) is 0 Å². The third-order valence-corrected chi connectivity index (χ3v) is 2.29. The lowest BCUT2D eigenvalue weighted by atomic mass is 9.82. The molecule has 0 saturated carbocycles. The number of hydrogen-bond donors (Lipinski definition) is 1.